The lowest BCUT2D eigenvalue weighted by Crippen LogP contribution is -2.18. The number of amidine groups is 1. The molecular weight excluding hydrogens is 172 g/mol. The van der Waals surface area contributed by atoms with E-state index in [0.29, 0.717) is 11.8 Å². The minimum absolute atomic E-state index is 0.512. The minimum Gasteiger partial charge on any atom is -0.370 e. The van der Waals surface area contributed by atoms with Crippen LogP contribution in [0.3, 0.4) is 0 Å². The molecule has 2 heteroatoms. The van der Waals surface area contributed by atoms with Gasteiger partial charge in [0.2, 0.25) is 0 Å². The molecule has 0 aromatic heterocycles. The van der Waals surface area contributed by atoms with Crippen molar-refractivity contribution in [3.63, 3.8) is 0 Å². The summed E-state index contributed by atoms with van der Waals surface area (Å²) in [6.07, 6.45) is 0. The van der Waals surface area contributed by atoms with E-state index < -0.39 is 0 Å². The summed E-state index contributed by atoms with van der Waals surface area (Å²) < 4.78 is 0. The van der Waals surface area contributed by atoms with Gasteiger partial charge in [-0.05, 0) is 24.0 Å². The average Bonchev–Trinajstić information content (AvgIpc) is 2.15. The Morgan fingerprint density at radius 1 is 1.29 bits per heavy atom. The van der Waals surface area contributed by atoms with E-state index in [1.54, 1.807) is 6.92 Å². The third-order valence-corrected chi connectivity index (χ3v) is 2.20. The summed E-state index contributed by atoms with van der Waals surface area (Å²) in [6, 6.07) is 8.54. The Morgan fingerprint density at radius 2 is 1.86 bits per heavy atom. The van der Waals surface area contributed by atoms with Crippen LogP contribution in [0.25, 0.3) is 0 Å². The molecule has 0 atom stereocenters. The highest BCUT2D eigenvalue weighted by molar-refractivity contribution is 5.75. The Bertz CT molecular complexity index is 299. The smallest absolute Gasteiger partial charge is 0.0902 e. The van der Waals surface area contributed by atoms with Crippen LogP contribution in [0.1, 0.15) is 37.8 Å². The van der Waals surface area contributed by atoms with E-state index in [1.807, 2.05) is 0 Å². The van der Waals surface area contributed by atoms with Crippen LogP contribution in [-0.2, 0) is 6.54 Å². The predicted octanol–water partition coefficient (Wildman–Crippen LogP) is 2.90. The molecule has 0 fully saturated rings. The van der Waals surface area contributed by atoms with Crippen molar-refractivity contribution in [3.05, 3.63) is 35.4 Å². The van der Waals surface area contributed by atoms with Gasteiger partial charge in [0.1, 0.15) is 0 Å². The molecular formula is C12H18N2. The molecule has 0 radical (unpaired) electrons. The Labute approximate surface area is 85.9 Å². The highest BCUT2D eigenvalue weighted by atomic mass is 14.9. The maximum atomic E-state index is 7.24. The highest BCUT2D eigenvalue weighted by Gasteiger charge is 1.98. The van der Waals surface area contributed by atoms with Crippen LogP contribution in [-0.4, -0.2) is 5.84 Å². The van der Waals surface area contributed by atoms with Crippen LogP contribution >= 0.6 is 0 Å². The number of rotatable bonds is 3. The number of hydrogen-bond donors (Lipinski definition) is 2. The first kappa shape index (κ1) is 10.8. The van der Waals surface area contributed by atoms with Crippen molar-refractivity contribution in [3.8, 4) is 0 Å². The van der Waals surface area contributed by atoms with Gasteiger partial charge >= 0.3 is 0 Å². The van der Waals surface area contributed by atoms with Crippen LogP contribution in [0.2, 0.25) is 0 Å². The molecule has 14 heavy (non-hydrogen) atoms. The SMILES string of the molecule is CC(=N)NCc1ccc(C(C)C)cc1. The first-order valence-electron chi connectivity index (χ1n) is 4.97. The van der Waals surface area contributed by atoms with Crippen LogP contribution in [0.15, 0.2) is 24.3 Å². The summed E-state index contributed by atoms with van der Waals surface area (Å²) in [4.78, 5) is 0. The zero-order valence-electron chi connectivity index (χ0n) is 9.09. The number of hydrogen-bond acceptors (Lipinski definition) is 1. The fourth-order valence-corrected chi connectivity index (χ4v) is 1.26. The Morgan fingerprint density at radius 3 is 2.29 bits per heavy atom. The largest absolute Gasteiger partial charge is 0.370 e. The van der Waals surface area contributed by atoms with Crippen molar-refractivity contribution in [2.75, 3.05) is 0 Å². The standard InChI is InChI=1S/C12H18N2/c1-9(2)12-6-4-11(5-7-12)8-14-10(3)13/h4-7,9H,8H2,1-3H3,(H2,13,14). The lowest BCUT2D eigenvalue weighted by Gasteiger charge is -2.07. The van der Waals surface area contributed by atoms with Gasteiger partial charge in [0.15, 0.2) is 0 Å². The predicted molar refractivity (Wildman–Crippen MR) is 60.8 cm³/mol. The van der Waals surface area contributed by atoms with E-state index in [2.05, 4.69) is 43.4 Å². The van der Waals surface area contributed by atoms with E-state index in [9.17, 15) is 0 Å². The van der Waals surface area contributed by atoms with Gasteiger partial charge in [0, 0.05) is 6.54 Å². The Kier molecular flexibility index (Phi) is 3.69. The van der Waals surface area contributed by atoms with Gasteiger partial charge in [0.25, 0.3) is 0 Å². The fraction of sp³-hybridized carbons (Fsp3) is 0.417. The summed E-state index contributed by atoms with van der Waals surface area (Å²) in [7, 11) is 0. The monoisotopic (exact) mass is 190 g/mol. The topological polar surface area (TPSA) is 35.9 Å². The van der Waals surface area contributed by atoms with E-state index in [4.69, 9.17) is 5.41 Å². The van der Waals surface area contributed by atoms with Crippen LogP contribution < -0.4 is 5.32 Å². The van der Waals surface area contributed by atoms with Crippen LogP contribution in [0.5, 0.6) is 0 Å². The lowest BCUT2D eigenvalue weighted by atomic mass is 10.0. The van der Waals surface area contributed by atoms with Crippen molar-refractivity contribution in [2.45, 2.75) is 33.2 Å². The van der Waals surface area contributed by atoms with Gasteiger partial charge in [-0.2, -0.15) is 0 Å². The molecule has 0 aliphatic rings. The summed E-state index contributed by atoms with van der Waals surface area (Å²) in [5.41, 5.74) is 2.58. The third kappa shape index (κ3) is 3.21. The van der Waals surface area contributed by atoms with Gasteiger partial charge in [-0.25, -0.2) is 0 Å². The molecule has 0 saturated heterocycles. The van der Waals surface area contributed by atoms with E-state index in [-0.39, 0.29) is 0 Å². The molecule has 2 N–H and O–H groups in total. The molecule has 1 aromatic carbocycles. The third-order valence-electron chi connectivity index (χ3n) is 2.20. The normalized spacial score (nSPS) is 10.3. The second-order valence-corrected chi connectivity index (χ2v) is 3.87. The molecule has 0 bridgehead atoms. The Balaban J connectivity index is 2.59. The summed E-state index contributed by atoms with van der Waals surface area (Å²) in [5.74, 6) is 1.10. The summed E-state index contributed by atoms with van der Waals surface area (Å²) in [6.45, 7) is 6.88. The zero-order valence-corrected chi connectivity index (χ0v) is 9.09. The molecule has 0 spiro atoms. The lowest BCUT2D eigenvalue weighted by molar-refractivity contribution is 0.858. The van der Waals surface area contributed by atoms with E-state index >= 15 is 0 Å². The highest BCUT2D eigenvalue weighted by Crippen LogP contribution is 2.14. The number of benzene rings is 1. The molecule has 0 heterocycles. The van der Waals surface area contributed by atoms with Crippen molar-refractivity contribution < 1.29 is 0 Å². The van der Waals surface area contributed by atoms with Crippen molar-refractivity contribution in [2.24, 2.45) is 0 Å². The molecule has 0 saturated carbocycles. The maximum Gasteiger partial charge on any atom is 0.0902 e. The van der Waals surface area contributed by atoms with E-state index in [0.717, 1.165) is 6.54 Å². The molecule has 2 nitrogen and oxygen atoms in total. The van der Waals surface area contributed by atoms with Gasteiger partial charge in [-0.3, -0.25) is 5.41 Å². The van der Waals surface area contributed by atoms with Crippen LogP contribution in [0, 0.1) is 5.41 Å². The number of nitrogens with one attached hydrogen (secondary N) is 2. The molecule has 1 aromatic rings. The van der Waals surface area contributed by atoms with E-state index in [1.165, 1.54) is 11.1 Å². The second-order valence-electron chi connectivity index (χ2n) is 3.87. The molecule has 0 aliphatic carbocycles. The van der Waals surface area contributed by atoms with Gasteiger partial charge < -0.3 is 5.32 Å². The quantitative estimate of drug-likeness (QED) is 0.558. The maximum absolute atomic E-state index is 7.24. The average molecular weight is 190 g/mol. The fourth-order valence-electron chi connectivity index (χ4n) is 1.26. The van der Waals surface area contributed by atoms with Crippen molar-refractivity contribution in [1.82, 2.24) is 5.32 Å². The summed E-state index contributed by atoms with van der Waals surface area (Å²) in [5, 5.41) is 10.2. The van der Waals surface area contributed by atoms with Gasteiger partial charge in [-0.1, -0.05) is 38.1 Å². The zero-order chi connectivity index (χ0) is 10.6. The van der Waals surface area contributed by atoms with Crippen molar-refractivity contribution >= 4 is 5.84 Å². The van der Waals surface area contributed by atoms with Gasteiger partial charge in [0.05, 0.1) is 5.84 Å². The molecule has 0 aliphatic heterocycles. The van der Waals surface area contributed by atoms with Crippen LogP contribution in [0.4, 0.5) is 0 Å². The molecule has 76 valence electrons. The second kappa shape index (κ2) is 4.80. The first-order valence-corrected chi connectivity index (χ1v) is 4.97. The van der Waals surface area contributed by atoms with Gasteiger partial charge in [-0.15, -0.1) is 0 Å². The molecule has 1 rings (SSSR count). The molecule has 0 unspecified atom stereocenters. The van der Waals surface area contributed by atoms with Crippen molar-refractivity contribution in [1.29, 1.82) is 5.41 Å². The first-order chi connectivity index (χ1) is 6.59. The Hall–Kier alpha value is -1.31. The summed E-state index contributed by atoms with van der Waals surface area (Å²) >= 11 is 0. The molecule has 0 amide bonds. The minimum atomic E-state index is 0.512.